The van der Waals surface area contributed by atoms with E-state index in [9.17, 15) is 4.39 Å². The lowest BCUT2D eigenvalue weighted by Gasteiger charge is -2.07. The average Bonchev–Trinajstić information content (AvgIpc) is 2.34. The lowest BCUT2D eigenvalue weighted by atomic mass is 10.1. The molecule has 1 N–H and O–H groups in total. The van der Waals surface area contributed by atoms with E-state index >= 15 is 0 Å². The average molecular weight is 243 g/mol. The Hall–Kier alpha value is -1.67. The molecule has 0 aliphatic carbocycles. The molecule has 94 valence electrons. The van der Waals surface area contributed by atoms with Gasteiger partial charge < -0.3 is 5.32 Å². The Balaban J connectivity index is 1.90. The highest BCUT2D eigenvalue weighted by molar-refractivity contribution is 5.24. The highest BCUT2D eigenvalue weighted by Crippen LogP contribution is 2.09. The van der Waals surface area contributed by atoms with Crippen molar-refractivity contribution in [1.82, 2.24) is 5.32 Å². The first-order valence-corrected chi connectivity index (χ1v) is 6.16. The number of benzene rings is 2. The van der Waals surface area contributed by atoms with Crippen molar-refractivity contribution >= 4 is 0 Å². The fraction of sp³-hybridized carbons (Fsp3) is 0.250. The molecule has 0 fully saturated rings. The molecule has 2 heteroatoms. The van der Waals surface area contributed by atoms with Gasteiger partial charge in [0, 0.05) is 13.1 Å². The fourth-order valence-electron chi connectivity index (χ4n) is 1.92. The Morgan fingerprint density at radius 3 is 2.33 bits per heavy atom. The van der Waals surface area contributed by atoms with Gasteiger partial charge in [0.1, 0.15) is 5.82 Å². The van der Waals surface area contributed by atoms with Crippen LogP contribution in [0.5, 0.6) is 0 Å². The zero-order valence-corrected chi connectivity index (χ0v) is 10.8. The van der Waals surface area contributed by atoms with Crippen molar-refractivity contribution in [3.63, 3.8) is 0 Å². The van der Waals surface area contributed by atoms with Crippen LogP contribution < -0.4 is 5.32 Å². The van der Waals surface area contributed by atoms with Gasteiger partial charge in [-0.15, -0.1) is 0 Å². The van der Waals surface area contributed by atoms with Gasteiger partial charge in [0.15, 0.2) is 0 Å². The lowest BCUT2D eigenvalue weighted by molar-refractivity contribution is 0.611. The van der Waals surface area contributed by atoms with Crippen molar-refractivity contribution in [3.05, 3.63) is 70.5 Å². The van der Waals surface area contributed by atoms with Gasteiger partial charge in [-0.25, -0.2) is 4.39 Å². The number of halogens is 1. The van der Waals surface area contributed by atoms with Crippen LogP contribution in [-0.2, 0) is 13.1 Å². The number of nitrogens with one attached hydrogen (secondary N) is 1. The largest absolute Gasteiger partial charge is 0.309 e. The summed E-state index contributed by atoms with van der Waals surface area (Å²) < 4.78 is 13.4. The Morgan fingerprint density at radius 2 is 1.67 bits per heavy atom. The molecule has 0 spiro atoms. The summed E-state index contributed by atoms with van der Waals surface area (Å²) in [5.74, 6) is -0.134. The molecular weight excluding hydrogens is 225 g/mol. The van der Waals surface area contributed by atoms with Crippen LogP contribution in [0.3, 0.4) is 0 Å². The molecule has 2 aromatic carbocycles. The summed E-state index contributed by atoms with van der Waals surface area (Å²) >= 11 is 0. The molecule has 0 aromatic heterocycles. The molecule has 0 unspecified atom stereocenters. The first-order chi connectivity index (χ1) is 8.65. The summed E-state index contributed by atoms with van der Waals surface area (Å²) in [5.41, 5.74) is 4.18. The number of rotatable bonds is 4. The Kier molecular flexibility index (Phi) is 4.11. The molecule has 0 heterocycles. The minimum atomic E-state index is -0.134. The zero-order valence-electron chi connectivity index (χ0n) is 10.8. The van der Waals surface area contributed by atoms with Crippen molar-refractivity contribution in [2.24, 2.45) is 0 Å². The molecule has 2 aromatic rings. The van der Waals surface area contributed by atoms with Crippen molar-refractivity contribution < 1.29 is 4.39 Å². The second-order valence-electron chi connectivity index (χ2n) is 4.68. The Labute approximate surface area is 108 Å². The van der Waals surface area contributed by atoms with Gasteiger partial charge in [-0.3, -0.25) is 0 Å². The third-order valence-electron chi connectivity index (χ3n) is 2.98. The summed E-state index contributed by atoms with van der Waals surface area (Å²) in [7, 11) is 0. The first-order valence-electron chi connectivity index (χ1n) is 6.16. The van der Waals surface area contributed by atoms with Crippen LogP contribution >= 0.6 is 0 Å². The molecule has 1 nitrogen and oxygen atoms in total. The van der Waals surface area contributed by atoms with Gasteiger partial charge in [0.05, 0.1) is 0 Å². The molecule has 2 rings (SSSR count). The summed E-state index contributed by atoms with van der Waals surface area (Å²) in [5, 5.41) is 3.33. The molecule has 0 aliphatic heterocycles. The van der Waals surface area contributed by atoms with Crippen molar-refractivity contribution in [2.45, 2.75) is 26.9 Å². The Bertz CT molecular complexity index is 534. The monoisotopic (exact) mass is 243 g/mol. The van der Waals surface area contributed by atoms with Crippen molar-refractivity contribution in [1.29, 1.82) is 0 Å². The smallest absolute Gasteiger partial charge is 0.126 e. The van der Waals surface area contributed by atoms with E-state index in [4.69, 9.17) is 0 Å². The summed E-state index contributed by atoms with van der Waals surface area (Å²) in [6.07, 6.45) is 0. The van der Waals surface area contributed by atoms with E-state index in [-0.39, 0.29) is 5.82 Å². The molecule has 0 bridgehead atoms. The van der Waals surface area contributed by atoms with E-state index in [2.05, 4.69) is 36.5 Å². The van der Waals surface area contributed by atoms with Crippen molar-refractivity contribution in [2.75, 3.05) is 0 Å². The lowest BCUT2D eigenvalue weighted by Crippen LogP contribution is -2.12. The maximum atomic E-state index is 13.4. The normalized spacial score (nSPS) is 10.6. The second-order valence-corrected chi connectivity index (χ2v) is 4.68. The highest BCUT2D eigenvalue weighted by Gasteiger charge is 1.99. The topological polar surface area (TPSA) is 12.0 Å². The highest BCUT2D eigenvalue weighted by atomic mass is 19.1. The third kappa shape index (κ3) is 3.41. The van der Waals surface area contributed by atoms with Crippen LogP contribution in [0.4, 0.5) is 4.39 Å². The molecule has 0 aliphatic rings. The fourth-order valence-corrected chi connectivity index (χ4v) is 1.92. The molecule has 18 heavy (non-hydrogen) atoms. The standard InChI is InChI=1S/C16H18FN/c1-12-4-3-5-14(8-12)10-18-11-15-7-6-13(2)16(17)9-15/h3-9,18H,10-11H2,1-2H3. The van der Waals surface area contributed by atoms with Crippen molar-refractivity contribution in [3.8, 4) is 0 Å². The quantitative estimate of drug-likeness (QED) is 0.862. The predicted octanol–water partition coefficient (Wildman–Crippen LogP) is 3.73. The molecule has 0 atom stereocenters. The van der Waals surface area contributed by atoms with E-state index in [1.165, 1.54) is 11.1 Å². The maximum Gasteiger partial charge on any atom is 0.126 e. The van der Waals surface area contributed by atoms with E-state index in [0.29, 0.717) is 12.1 Å². The Morgan fingerprint density at radius 1 is 0.944 bits per heavy atom. The van der Waals surface area contributed by atoms with Crippen LogP contribution in [0.2, 0.25) is 0 Å². The number of hydrogen-bond acceptors (Lipinski definition) is 1. The predicted molar refractivity (Wildman–Crippen MR) is 72.9 cm³/mol. The molecule has 0 amide bonds. The van der Waals surface area contributed by atoms with Gasteiger partial charge in [-0.05, 0) is 36.6 Å². The third-order valence-corrected chi connectivity index (χ3v) is 2.98. The van der Waals surface area contributed by atoms with E-state index in [1.54, 1.807) is 13.0 Å². The first kappa shape index (κ1) is 12.8. The van der Waals surface area contributed by atoms with Crippen LogP contribution in [0.25, 0.3) is 0 Å². The summed E-state index contributed by atoms with van der Waals surface area (Å²) in [6.45, 7) is 5.35. The van der Waals surface area contributed by atoms with Crippen LogP contribution in [-0.4, -0.2) is 0 Å². The summed E-state index contributed by atoms with van der Waals surface area (Å²) in [6, 6.07) is 13.8. The molecule has 0 saturated heterocycles. The van der Waals surface area contributed by atoms with Crippen LogP contribution in [0.1, 0.15) is 22.3 Å². The van der Waals surface area contributed by atoms with Crippen LogP contribution in [0, 0.1) is 19.7 Å². The number of hydrogen-bond donors (Lipinski definition) is 1. The minimum absolute atomic E-state index is 0.134. The second kappa shape index (κ2) is 5.78. The van der Waals surface area contributed by atoms with Gasteiger partial charge in [-0.2, -0.15) is 0 Å². The van der Waals surface area contributed by atoms with E-state index in [0.717, 1.165) is 12.1 Å². The zero-order chi connectivity index (χ0) is 13.0. The van der Waals surface area contributed by atoms with Crippen LogP contribution in [0.15, 0.2) is 42.5 Å². The number of aryl methyl sites for hydroxylation is 2. The van der Waals surface area contributed by atoms with Gasteiger partial charge in [0.25, 0.3) is 0 Å². The molecule has 0 saturated carbocycles. The van der Waals surface area contributed by atoms with E-state index in [1.807, 2.05) is 12.1 Å². The van der Waals surface area contributed by atoms with Gasteiger partial charge in [0.2, 0.25) is 0 Å². The van der Waals surface area contributed by atoms with E-state index < -0.39 is 0 Å². The SMILES string of the molecule is Cc1cccc(CNCc2ccc(C)c(F)c2)c1. The molecular formula is C16H18FN. The van der Waals surface area contributed by atoms with Gasteiger partial charge in [-0.1, -0.05) is 42.0 Å². The minimum Gasteiger partial charge on any atom is -0.309 e. The maximum absolute atomic E-state index is 13.4. The molecule has 0 radical (unpaired) electrons. The summed E-state index contributed by atoms with van der Waals surface area (Å²) in [4.78, 5) is 0. The van der Waals surface area contributed by atoms with Gasteiger partial charge >= 0.3 is 0 Å².